The highest BCUT2D eigenvalue weighted by Gasteiger charge is 2.34. The number of alkyl halides is 3. The molecule has 4 nitrogen and oxygen atoms in total. The SMILES string of the molecule is COC(=O)Cc1c(C(F)(F)F)ccnc1N. The molecule has 0 saturated carbocycles. The van der Waals surface area contributed by atoms with Gasteiger partial charge in [-0.2, -0.15) is 13.2 Å². The number of ether oxygens (including phenoxy) is 1. The Morgan fingerprint density at radius 1 is 1.56 bits per heavy atom. The summed E-state index contributed by atoms with van der Waals surface area (Å²) < 4.78 is 41.9. The summed E-state index contributed by atoms with van der Waals surface area (Å²) in [6, 6.07) is 0.772. The first-order valence-electron chi connectivity index (χ1n) is 4.23. The second kappa shape index (κ2) is 4.38. The summed E-state index contributed by atoms with van der Waals surface area (Å²) >= 11 is 0. The van der Waals surface area contributed by atoms with Crippen LogP contribution in [0.3, 0.4) is 0 Å². The highest BCUT2D eigenvalue weighted by Crippen LogP contribution is 2.33. The smallest absolute Gasteiger partial charge is 0.416 e. The van der Waals surface area contributed by atoms with Crippen LogP contribution in [0.25, 0.3) is 0 Å². The number of nitrogens with two attached hydrogens (primary N) is 1. The lowest BCUT2D eigenvalue weighted by atomic mass is 10.1. The van der Waals surface area contributed by atoms with Gasteiger partial charge in [0.25, 0.3) is 0 Å². The molecular formula is C9H9F3N2O2. The van der Waals surface area contributed by atoms with Crippen LogP contribution in [0.5, 0.6) is 0 Å². The third-order valence-electron chi connectivity index (χ3n) is 1.94. The van der Waals surface area contributed by atoms with Gasteiger partial charge in [0, 0.05) is 11.8 Å². The van der Waals surface area contributed by atoms with Crippen molar-refractivity contribution >= 4 is 11.8 Å². The average molecular weight is 234 g/mol. The van der Waals surface area contributed by atoms with E-state index < -0.39 is 24.1 Å². The number of rotatable bonds is 2. The number of esters is 1. The second-order valence-corrected chi connectivity index (χ2v) is 2.97. The molecule has 2 N–H and O–H groups in total. The minimum atomic E-state index is -4.57. The van der Waals surface area contributed by atoms with Crippen molar-refractivity contribution in [2.75, 3.05) is 12.8 Å². The van der Waals surface area contributed by atoms with Gasteiger partial charge in [-0.1, -0.05) is 0 Å². The van der Waals surface area contributed by atoms with Gasteiger partial charge in [-0.25, -0.2) is 4.98 Å². The summed E-state index contributed by atoms with van der Waals surface area (Å²) in [5.74, 6) is -1.12. The Morgan fingerprint density at radius 2 is 2.19 bits per heavy atom. The monoisotopic (exact) mass is 234 g/mol. The van der Waals surface area contributed by atoms with Crippen molar-refractivity contribution in [3.05, 3.63) is 23.4 Å². The zero-order valence-corrected chi connectivity index (χ0v) is 8.34. The fraction of sp³-hybridized carbons (Fsp3) is 0.333. The lowest BCUT2D eigenvalue weighted by molar-refractivity contribution is -0.141. The van der Waals surface area contributed by atoms with Gasteiger partial charge >= 0.3 is 12.1 Å². The molecular weight excluding hydrogens is 225 g/mol. The van der Waals surface area contributed by atoms with Crippen molar-refractivity contribution in [3.8, 4) is 0 Å². The number of carbonyl (C=O) groups is 1. The number of halogens is 3. The van der Waals surface area contributed by atoms with Gasteiger partial charge in [-0.05, 0) is 6.07 Å². The van der Waals surface area contributed by atoms with Crippen molar-refractivity contribution in [2.24, 2.45) is 0 Å². The molecule has 0 fully saturated rings. The second-order valence-electron chi connectivity index (χ2n) is 2.97. The van der Waals surface area contributed by atoms with Crippen LogP contribution in [0.2, 0.25) is 0 Å². The summed E-state index contributed by atoms with van der Waals surface area (Å²) in [6.07, 6.45) is -4.18. The molecule has 0 aliphatic carbocycles. The van der Waals surface area contributed by atoms with E-state index >= 15 is 0 Å². The van der Waals surface area contributed by atoms with Gasteiger partial charge in [0.1, 0.15) is 5.82 Å². The number of carbonyl (C=O) groups excluding carboxylic acids is 1. The van der Waals surface area contributed by atoms with E-state index in [0.717, 1.165) is 19.4 Å². The standard InChI is InChI=1S/C9H9F3N2O2/c1-16-7(15)4-5-6(9(10,11)12)2-3-14-8(5)13/h2-3H,4H2,1H3,(H2,13,14). The molecule has 0 amide bonds. The lowest BCUT2D eigenvalue weighted by Gasteiger charge is -2.13. The molecule has 0 bridgehead atoms. The van der Waals surface area contributed by atoms with E-state index in [4.69, 9.17) is 5.73 Å². The predicted octanol–water partition coefficient (Wildman–Crippen LogP) is 1.40. The van der Waals surface area contributed by atoms with Crippen molar-refractivity contribution in [2.45, 2.75) is 12.6 Å². The van der Waals surface area contributed by atoms with Crippen molar-refractivity contribution in [1.29, 1.82) is 0 Å². The number of nitrogen functional groups attached to an aromatic ring is 1. The molecule has 0 aliphatic heterocycles. The van der Waals surface area contributed by atoms with E-state index in [0.29, 0.717) is 0 Å². The lowest BCUT2D eigenvalue weighted by Crippen LogP contribution is -2.16. The molecule has 1 heterocycles. The fourth-order valence-corrected chi connectivity index (χ4v) is 1.18. The Morgan fingerprint density at radius 3 is 2.69 bits per heavy atom. The third-order valence-corrected chi connectivity index (χ3v) is 1.94. The van der Waals surface area contributed by atoms with E-state index in [2.05, 4.69) is 9.72 Å². The molecule has 16 heavy (non-hydrogen) atoms. The minimum Gasteiger partial charge on any atom is -0.469 e. The molecule has 1 aromatic heterocycles. The van der Waals surface area contributed by atoms with Crippen LogP contribution in [0, 0.1) is 0 Å². The van der Waals surface area contributed by atoms with Gasteiger partial charge in [0.2, 0.25) is 0 Å². The van der Waals surface area contributed by atoms with Gasteiger partial charge < -0.3 is 10.5 Å². The van der Waals surface area contributed by atoms with Crippen LogP contribution in [-0.4, -0.2) is 18.1 Å². The van der Waals surface area contributed by atoms with Crippen LogP contribution < -0.4 is 5.73 Å². The molecule has 1 aromatic rings. The van der Waals surface area contributed by atoms with E-state index in [1.165, 1.54) is 0 Å². The van der Waals surface area contributed by atoms with Crippen LogP contribution in [0.15, 0.2) is 12.3 Å². The Labute approximate surface area is 89.2 Å². The molecule has 0 unspecified atom stereocenters. The number of hydrogen-bond donors (Lipinski definition) is 1. The Bertz CT molecular complexity index is 404. The maximum absolute atomic E-state index is 12.5. The number of nitrogens with zero attached hydrogens (tertiary/aromatic N) is 1. The number of aromatic nitrogens is 1. The van der Waals surface area contributed by atoms with Crippen LogP contribution >= 0.6 is 0 Å². The maximum Gasteiger partial charge on any atom is 0.416 e. The van der Waals surface area contributed by atoms with Gasteiger partial charge in [0.05, 0.1) is 19.1 Å². The van der Waals surface area contributed by atoms with Crippen molar-refractivity contribution < 1.29 is 22.7 Å². The summed E-state index contributed by atoms with van der Waals surface area (Å²) in [4.78, 5) is 14.5. The van der Waals surface area contributed by atoms with E-state index in [1.54, 1.807) is 0 Å². The topological polar surface area (TPSA) is 65.2 Å². The van der Waals surface area contributed by atoms with Gasteiger partial charge in [0.15, 0.2) is 0 Å². The number of anilines is 1. The molecule has 1 rings (SSSR count). The molecule has 7 heteroatoms. The summed E-state index contributed by atoms with van der Waals surface area (Å²) in [5, 5.41) is 0. The first kappa shape index (κ1) is 12.3. The molecule has 88 valence electrons. The molecule has 0 atom stereocenters. The molecule has 0 aromatic carbocycles. The Kier molecular flexibility index (Phi) is 3.36. The number of pyridine rings is 1. The first-order chi connectivity index (χ1) is 7.36. The highest BCUT2D eigenvalue weighted by atomic mass is 19.4. The summed E-state index contributed by atoms with van der Waals surface area (Å²) in [6.45, 7) is 0. The minimum absolute atomic E-state index is 0.319. The molecule has 0 spiro atoms. The van der Waals surface area contributed by atoms with Crippen LogP contribution in [-0.2, 0) is 22.1 Å². The Hall–Kier alpha value is -1.79. The van der Waals surface area contributed by atoms with E-state index in [-0.39, 0.29) is 11.4 Å². The molecule has 0 radical (unpaired) electrons. The van der Waals surface area contributed by atoms with Crippen molar-refractivity contribution in [1.82, 2.24) is 4.98 Å². The van der Waals surface area contributed by atoms with Gasteiger partial charge in [-0.3, -0.25) is 4.79 Å². The quantitative estimate of drug-likeness (QED) is 0.785. The van der Waals surface area contributed by atoms with E-state index in [9.17, 15) is 18.0 Å². The first-order valence-corrected chi connectivity index (χ1v) is 4.23. The maximum atomic E-state index is 12.5. The predicted molar refractivity (Wildman–Crippen MR) is 49.4 cm³/mol. The normalized spacial score (nSPS) is 11.2. The fourth-order valence-electron chi connectivity index (χ4n) is 1.18. The molecule has 0 aliphatic rings. The number of hydrogen-bond acceptors (Lipinski definition) is 4. The Balaban J connectivity index is 3.19. The van der Waals surface area contributed by atoms with Crippen LogP contribution in [0.1, 0.15) is 11.1 Å². The third kappa shape index (κ3) is 2.62. The summed E-state index contributed by atoms with van der Waals surface area (Å²) in [5.41, 5.74) is 3.98. The zero-order valence-electron chi connectivity index (χ0n) is 8.34. The van der Waals surface area contributed by atoms with Crippen LogP contribution in [0.4, 0.5) is 19.0 Å². The zero-order chi connectivity index (χ0) is 12.3. The summed E-state index contributed by atoms with van der Waals surface area (Å²) in [7, 11) is 1.09. The van der Waals surface area contributed by atoms with Crippen molar-refractivity contribution in [3.63, 3.8) is 0 Å². The van der Waals surface area contributed by atoms with E-state index in [1.807, 2.05) is 0 Å². The number of methoxy groups -OCH3 is 1. The largest absolute Gasteiger partial charge is 0.469 e. The molecule has 0 saturated heterocycles. The highest BCUT2D eigenvalue weighted by molar-refractivity contribution is 5.75. The average Bonchev–Trinajstić information content (AvgIpc) is 2.19. The van der Waals surface area contributed by atoms with Gasteiger partial charge in [-0.15, -0.1) is 0 Å².